The molecule has 2 amide bonds. The molecule has 0 spiro atoms. The number of fused-ring (bicyclic) bond motifs is 1. The second-order valence-corrected chi connectivity index (χ2v) is 8.86. The summed E-state index contributed by atoms with van der Waals surface area (Å²) < 4.78 is 6.88. The number of hydrogen-bond donors (Lipinski definition) is 2. The first-order chi connectivity index (χ1) is 14.2. The van der Waals surface area contributed by atoms with E-state index in [4.69, 9.17) is 4.42 Å². The highest BCUT2D eigenvalue weighted by atomic mass is 32.2. The van der Waals surface area contributed by atoms with Crippen molar-refractivity contribution in [3.05, 3.63) is 35.4 Å². The molecule has 2 aromatic heterocycles. The van der Waals surface area contributed by atoms with E-state index >= 15 is 0 Å². The maximum absolute atomic E-state index is 12.6. The Hall–Kier alpha value is -2.22. The van der Waals surface area contributed by atoms with Crippen LogP contribution in [0.5, 0.6) is 0 Å². The zero-order valence-corrected chi connectivity index (χ0v) is 17.4. The Morgan fingerprint density at radius 2 is 2.07 bits per heavy atom. The number of thioether (sulfide) groups is 1. The molecular weight excluding hydrogens is 388 g/mol. The van der Waals surface area contributed by atoms with Crippen molar-refractivity contribution in [2.24, 2.45) is 5.92 Å². The Labute approximate surface area is 175 Å². The van der Waals surface area contributed by atoms with E-state index in [0.29, 0.717) is 30.5 Å². The van der Waals surface area contributed by atoms with Crippen LogP contribution < -0.4 is 10.6 Å². The van der Waals surface area contributed by atoms with Gasteiger partial charge in [-0.15, -0.1) is 0 Å². The molecule has 0 unspecified atom stereocenters. The highest BCUT2D eigenvalue weighted by molar-refractivity contribution is 7.98. The fourth-order valence-corrected chi connectivity index (χ4v) is 5.15. The minimum atomic E-state index is -0.159. The standard InChI is InChI=1S/C21H28N4O3S/c26-19(9-8-15-5-2-1-3-6-15)23-21-17-13-29-14-18(17)24-25(21)12-20(27)22-11-16-7-4-10-28-16/h4,7,10,15H,1-3,5-6,8-9,11-14H2,(H,22,27)(H,23,26). The largest absolute Gasteiger partial charge is 0.467 e. The van der Waals surface area contributed by atoms with E-state index in [0.717, 1.165) is 29.2 Å². The lowest BCUT2D eigenvalue weighted by Gasteiger charge is -2.21. The predicted octanol–water partition coefficient (Wildman–Crippen LogP) is 3.84. The van der Waals surface area contributed by atoms with Crippen LogP contribution in [0, 0.1) is 5.92 Å². The van der Waals surface area contributed by atoms with Crippen molar-refractivity contribution in [1.82, 2.24) is 15.1 Å². The average molecular weight is 417 g/mol. The Bertz CT molecular complexity index is 840. The number of carbonyl (C=O) groups excluding carboxylic acids is 2. The van der Waals surface area contributed by atoms with E-state index < -0.39 is 0 Å². The van der Waals surface area contributed by atoms with Gasteiger partial charge in [-0.2, -0.15) is 16.9 Å². The molecule has 0 bridgehead atoms. The first kappa shape index (κ1) is 20.1. The number of nitrogens with zero attached hydrogens (tertiary/aromatic N) is 2. The van der Waals surface area contributed by atoms with Gasteiger partial charge in [-0.25, -0.2) is 4.68 Å². The minimum Gasteiger partial charge on any atom is -0.467 e. The third-order valence-corrected chi connectivity index (χ3v) is 6.68. The van der Waals surface area contributed by atoms with Crippen LogP contribution in [-0.4, -0.2) is 21.6 Å². The summed E-state index contributed by atoms with van der Waals surface area (Å²) in [5.41, 5.74) is 2.02. The van der Waals surface area contributed by atoms with Crippen molar-refractivity contribution in [1.29, 1.82) is 0 Å². The van der Waals surface area contributed by atoms with Crippen LogP contribution in [0.25, 0.3) is 0 Å². The summed E-state index contributed by atoms with van der Waals surface area (Å²) in [6.07, 6.45) is 9.45. The Balaban J connectivity index is 1.35. The first-order valence-electron chi connectivity index (χ1n) is 10.4. The Kier molecular flexibility index (Phi) is 6.59. The average Bonchev–Trinajstić information content (AvgIpc) is 3.46. The highest BCUT2D eigenvalue weighted by Gasteiger charge is 2.25. The quantitative estimate of drug-likeness (QED) is 0.682. The van der Waals surface area contributed by atoms with Crippen LogP contribution >= 0.6 is 11.8 Å². The fraction of sp³-hybridized carbons (Fsp3) is 0.571. The van der Waals surface area contributed by atoms with Gasteiger partial charge in [0.25, 0.3) is 0 Å². The van der Waals surface area contributed by atoms with Gasteiger partial charge in [0.15, 0.2) is 0 Å². The molecule has 7 nitrogen and oxygen atoms in total. The van der Waals surface area contributed by atoms with E-state index in [9.17, 15) is 9.59 Å². The monoisotopic (exact) mass is 416 g/mol. The number of anilines is 1. The summed E-state index contributed by atoms with van der Waals surface area (Å²) in [6, 6.07) is 3.61. The molecule has 1 fully saturated rings. The molecule has 1 aliphatic carbocycles. The van der Waals surface area contributed by atoms with Gasteiger partial charge < -0.3 is 15.1 Å². The van der Waals surface area contributed by atoms with Crippen molar-refractivity contribution in [3.63, 3.8) is 0 Å². The summed E-state index contributed by atoms with van der Waals surface area (Å²) >= 11 is 1.78. The molecule has 1 saturated carbocycles. The smallest absolute Gasteiger partial charge is 0.242 e. The van der Waals surface area contributed by atoms with Crippen molar-refractivity contribution >= 4 is 29.4 Å². The number of hydrogen-bond acceptors (Lipinski definition) is 5. The number of aromatic nitrogens is 2. The number of amides is 2. The van der Waals surface area contributed by atoms with Gasteiger partial charge in [0.1, 0.15) is 18.1 Å². The molecule has 2 aromatic rings. The second-order valence-electron chi connectivity index (χ2n) is 7.87. The molecule has 1 aliphatic heterocycles. The van der Waals surface area contributed by atoms with Gasteiger partial charge in [0.05, 0.1) is 18.5 Å². The van der Waals surface area contributed by atoms with E-state index in [-0.39, 0.29) is 18.4 Å². The number of rotatable bonds is 8. The van der Waals surface area contributed by atoms with Crippen LogP contribution in [0.2, 0.25) is 0 Å². The summed E-state index contributed by atoms with van der Waals surface area (Å²) in [7, 11) is 0. The van der Waals surface area contributed by atoms with Gasteiger partial charge in [-0.3, -0.25) is 9.59 Å². The SMILES string of the molecule is O=C(Cn1nc2c(c1NC(=O)CCC1CCCCC1)CSC2)NCc1ccco1. The molecule has 0 radical (unpaired) electrons. The van der Waals surface area contributed by atoms with Gasteiger partial charge in [-0.05, 0) is 24.5 Å². The molecule has 4 rings (SSSR count). The fourth-order valence-electron chi connectivity index (χ4n) is 4.12. The zero-order valence-electron chi connectivity index (χ0n) is 16.6. The van der Waals surface area contributed by atoms with Crippen LogP contribution in [0.3, 0.4) is 0 Å². The molecule has 3 heterocycles. The molecular formula is C21H28N4O3S. The van der Waals surface area contributed by atoms with Crippen LogP contribution in [0.15, 0.2) is 22.8 Å². The molecule has 2 N–H and O–H groups in total. The van der Waals surface area contributed by atoms with Gasteiger partial charge in [0, 0.05) is 23.5 Å². The van der Waals surface area contributed by atoms with Crippen molar-refractivity contribution in [3.8, 4) is 0 Å². The number of carbonyl (C=O) groups is 2. The molecule has 2 aliphatic rings. The van der Waals surface area contributed by atoms with Crippen LogP contribution in [-0.2, 0) is 34.2 Å². The van der Waals surface area contributed by atoms with E-state index in [1.165, 1.54) is 32.1 Å². The lowest BCUT2D eigenvalue weighted by atomic mass is 9.86. The van der Waals surface area contributed by atoms with Gasteiger partial charge in [0.2, 0.25) is 11.8 Å². The first-order valence-corrected chi connectivity index (χ1v) is 11.6. The van der Waals surface area contributed by atoms with Gasteiger partial charge >= 0.3 is 0 Å². The summed E-state index contributed by atoms with van der Waals surface area (Å²) in [4.78, 5) is 25.0. The van der Waals surface area contributed by atoms with E-state index in [2.05, 4.69) is 15.7 Å². The molecule has 29 heavy (non-hydrogen) atoms. The Morgan fingerprint density at radius 3 is 2.86 bits per heavy atom. The summed E-state index contributed by atoms with van der Waals surface area (Å²) in [5, 5.41) is 10.5. The van der Waals surface area contributed by atoms with Crippen molar-refractivity contribution in [2.75, 3.05) is 5.32 Å². The van der Waals surface area contributed by atoms with E-state index in [1.807, 2.05) is 6.07 Å². The zero-order chi connectivity index (χ0) is 20.1. The molecule has 0 aromatic carbocycles. The number of furan rings is 1. The molecule has 156 valence electrons. The van der Waals surface area contributed by atoms with Gasteiger partial charge in [-0.1, -0.05) is 32.1 Å². The third-order valence-electron chi connectivity index (χ3n) is 5.71. The Morgan fingerprint density at radius 1 is 1.21 bits per heavy atom. The molecule has 0 atom stereocenters. The second kappa shape index (κ2) is 9.52. The lowest BCUT2D eigenvalue weighted by molar-refractivity contribution is -0.122. The highest BCUT2D eigenvalue weighted by Crippen LogP contribution is 2.35. The molecule has 8 heteroatoms. The van der Waals surface area contributed by atoms with Crippen molar-refractivity contribution in [2.45, 2.75) is 69.5 Å². The normalized spacial score (nSPS) is 16.6. The van der Waals surface area contributed by atoms with E-state index in [1.54, 1.807) is 28.8 Å². The summed E-state index contributed by atoms with van der Waals surface area (Å²) in [6.45, 7) is 0.419. The predicted molar refractivity (Wildman–Crippen MR) is 112 cm³/mol. The summed E-state index contributed by atoms with van der Waals surface area (Å²) in [5.74, 6) is 3.57. The lowest BCUT2D eigenvalue weighted by Crippen LogP contribution is -2.28. The maximum atomic E-state index is 12.6. The van der Waals surface area contributed by atoms with Crippen LogP contribution in [0.4, 0.5) is 5.82 Å². The van der Waals surface area contributed by atoms with Crippen LogP contribution in [0.1, 0.15) is 62.0 Å². The minimum absolute atomic E-state index is 0.0208. The molecule has 0 saturated heterocycles. The third kappa shape index (κ3) is 5.23. The number of nitrogens with one attached hydrogen (secondary N) is 2. The van der Waals surface area contributed by atoms with Crippen molar-refractivity contribution < 1.29 is 14.0 Å². The maximum Gasteiger partial charge on any atom is 0.242 e. The topological polar surface area (TPSA) is 89.2 Å².